The second kappa shape index (κ2) is 7.25. The van der Waals surface area contributed by atoms with Gasteiger partial charge >= 0.3 is 0 Å². The zero-order valence-electron chi connectivity index (χ0n) is 16.2. The number of nitro benzene ring substituents is 1. The van der Waals surface area contributed by atoms with E-state index in [4.69, 9.17) is 34.3 Å². The van der Waals surface area contributed by atoms with Gasteiger partial charge in [0.25, 0.3) is 5.69 Å². The molecule has 1 aliphatic heterocycles. The van der Waals surface area contributed by atoms with E-state index in [1.807, 2.05) is 43.3 Å². The maximum absolute atomic E-state index is 11.4. The molecular weight excluding hydrogens is 434 g/mol. The Hall–Kier alpha value is -3.63. The van der Waals surface area contributed by atoms with Gasteiger partial charge < -0.3 is 14.7 Å². The van der Waals surface area contributed by atoms with E-state index in [1.165, 1.54) is 6.07 Å². The van der Waals surface area contributed by atoms with Crippen molar-refractivity contribution >= 4 is 30.1 Å². The van der Waals surface area contributed by atoms with Gasteiger partial charge in [-0.2, -0.15) is 5.10 Å². The summed E-state index contributed by atoms with van der Waals surface area (Å²) in [6.45, 7) is 1.88. The van der Waals surface area contributed by atoms with Crippen molar-refractivity contribution in [3.8, 4) is 17.4 Å². The summed E-state index contributed by atoms with van der Waals surface area (Å²) in [5.74, 6) is 0.487. The summed E-state index contributed by atoms with van der Waals surface area (Å²) in [7, 11) is 0. The number of hydrogen-bond donors (Lipinski definition) is 2. The minimum Gasteiger partial charge on any atom is -0.422 e. The lowest BCUT2D eigenvalue weighted by Gasteiger charge is -2.26. The van der Waals surface area contributed by atoms with Crippen LogP contribution in [0.1, 0.15) is 28.3 Å². The van der Waals surface area contributed by atoms with Gasteiger partial charge in [-0.25, -0.2) is 4.68 Å². The van der Waals surface area contributed by atoms with Crippen LogP contribution >= 0.6 is 24.4 Å². The molecule has 0 bridgehead atoms. The minimum atomic E-state index is -0.424. The Morgan fingerprint density at radius 2 is 1.87 bits per heavy atom. The molecule has 0 fully saturated rings. The van der Waals surface area contributed by atoms with Gasteiger partial charge in [0, 0.05) is 18.1 Å². The molecule has 2 aromatic heterocycles. The number of hydrogen-bond acceptors (Lipinski definition) is 6. The van der Waals surface area contributed by atoms with Crippen molar-refractivity contribution in [1.29, 1.82) is 0 Å². The lowest BCUT2D eigenvalue weighted by atomic mass is 9.84. The number of nitro groups is 1. The number of para-hydroxylation sites is 1. The number of ether oxygens (including phenoxy) is 1. The van der Waals surface area contributed by atoms with Crippen LogP contribution in [0.2, 0.25) is 0 Å². The van der Waals surface area contributed by atoms with Crippen molar-refractivity contribution in [2.75, 3.05) is 0 Å². The molecule has 1 unspecified atom stereocenters. The number of aryl methyl sites for hydroxylation is 1. The first kappa shape index (κ1) is 19.3. The Bertz CT molecular complexity index is 1460. The first-order valence-electron chi connectivity index (χ1n) is 9.37. The molecule has 2 aromatic carbocycles. The standard InChI is InChI=1S/C21H15N5O3S2/c1-11-15-16(12-6-5-9-14(10-12)26(27)28)17-18(22-21(31)23-19(17)30)29-20(15)25(24-11)13-7-3-2-4-8-13/h2-10,16H,1H3,(H2,22,23,30,31). The molecule has 3 heterocycles. The van der Waals surface area contributed by atoms with Crippen LogP contribution in [-0.2, 0) is 0 Å². The third-order valence-corrected chi connectivity index (χ3v) is 5.72. The molecule has 4 aromatic rings. The number of fused-ring (bicyclic) bond motifs is 2. The lowest BCUT2D eigenvalue weighted by molar-refractivity contribution is -0.384. The maximum Gasteiger partial charge on any atom is 0.269 e. The van der Waals surface area contributed by atoms with E-state index in [0.717, 1.165) is 16.9 Å². The highest BCUT2D eigenvalue weighted by Crippen LogP contribution is 2.49. The Morgan fingerprint density at radius 1 is 1.10 bits per heavy atom. The first-order valence-corrected chi connectivity index (χ1v) is 10.2. The SMILES string of the molecule is Cc1nn(-c2ccccc2)c2c1C(c1cccc([N+](=O)[O-])c1)c1c([nH]c(=S)[nH]c1=S)O2. The van der Waals surface area contributed by atoms with Crippen LogP contribution in [0.3, 0.4) is 0 Å². The van der Waals surface area contributed by atoms with Crippen molar-refractivity contribution in [2.24, 2.45) is 0 Å². The van der Waals surface area contributed by atoms with Gasteiger partial charge in [0.2, 0.25) is 11.8 Å². The molecule has 8 nitrogen and oxygen atoms in total. The van der Waals surface area contributed by atoms with Crippen molar-refractivity contribution in [3.63, 3.8) is 0 Å². The van der Waals surface area contributed by atoms with Crippen LogP contribution in [0, 0.1) is 26.4 Å². The van der Waals surface area contributed by atoms with Gasteiger partial charge in [-0.05, 0) is 36.8 Å². The zero-order chi connectivity index (χ0) is 21.7. The van der Waals surface area contributed by atoms with Crippen LogP contribution in [0.15, 0.2) is 54.6 Å². The number of rotatable bonds is 3. The zero-order valence-corrected chi connectivity index (χ0v) is 17.8. The minimum absolute atomic E-state index is 0.000960. The monoisotopic (exact) mass is 449 g/mol. The number of H-pyrrole nitrogens is 2. The van der Waals surface area contributed by atoms with Crippen LogP contribution in [0.4, 0.5) is 5.69 Å². The first-order chi connectivity index (χ1) is 14.9. The second-order valence-corrected chi connectivity index (χ2v) is 7.91. The highest BCUT2D eigenvalue weighted by Gasteiger charge is 2.36. The van der Waals surface area contributed by atoms with E-state index in [0.29, 0.717) is 32.3 Å². The molecule has 154 valence electrons. The molecule has 1 atom stereocenters. The van der Waals surface area contributed by atoms with Gasteiger partial charge in [-0.15, -0.1) is 0 Å². The van der Waals surface area contributed by atoms with E-state index in [1.54, 1.807) is 16.8 Å². The predicted molar refractivity (Wildman–Crippen MR) is 119 cm³/mol. The van der Waals surface area contributed by atoms with Crippen molar-refractivity contribution in [3.05, 3.63) is 96.5 Å². The number of benzene rings is 2. The molecule has 2 N–H and O–H groups in total. The summed E-state index contributed by atoms with van der Waals surface area (Å²) in [5, 5.41) is 16.1. The molecule has 0 amide bonds. The Morgan fingerprint density at radius 3 is 2.61 bits per heavy atom. The van der Waals surface area contributed by atoms with E-state index >= 15 is 0 Å². The Balaban J connectivity index is 1.83. The number of nitrogens with zero attached hydrogens (tertiary/aromatic N) is 3. The summed E-state index contributed by atoms with van der Waals surface area (Å²) < 4.78 is 8.69. The van der Waals surface area contributed by atoms with E-state index in [9.17, 15) is 10.1 Å². The summed E-state index contributed by atoms with van der Waals surface area (Å²) in [6, 6.07) is 16.1. The number of aromatic nitrogens is 4. The molecular formula is C21H15N5O3S2. The molecule has 5 rings (SSSR count). The summed E-state index contributed by atoms with van der Waals surface area (Å²) in [6.07, 6.45) is 0. The number of nitrogens with one attached hydrogen (secondary N) is 2. The van der Waals surface area contributed by atoms with Gasteiger partial charge in [-0.1, -0.05) is 42.5 Å². The van der Waals surface area contributed by atoms with Crippen LogP contribution in [-0.4, -0.2) is 24.7 Å². The van der Waals surface area contributed by atoms with Gasteiger partial charge in [0.15, 0.2) is 4.77 Å². The summed E-state index contributed by atoms with van der Waals surface area (Å²) in [4.78, 5) is 17.0. The fourth-order valence-electron chi connectivity index (χ4n) is 3.90. The normalized spacial score (nSPS) is 14.4. The van der Waals surface area contributed by atoms with Crippen LogP contribution < -0.4 is 4.74 Å². The van der Waals surface area contributed by atoms with Crippen molar-refractivity contribution in [1.82, 2.24) is 19.7 Å². The lowest BCUT2D eigenvalue weighted by Crippen LogP contribution is -2.15. The molecule has 10 heteroatoms. The number of non-ortho nitro benzene ring substituents is 1. The van der Waals surface area contributed by atoms with Crippen molar-refractivity contribution < 1.29 is 9.66 Å². The van der Waals surface area contributed by atoms with Crippen molar-refractivity contribution in [2.45, 2.75) is 12.8 Å². The second-order valence-electron chi connectivity index (χ2n) is 7.09. The Labute approximate surface area is 186 Å². The topological polar surface area (TPSA) is 102 Å². The van der Waals surface area contributed by atoms with Gasteiger partial charge in [-0.3, -0.25) is 10.1 Å². The molecule has 0 saturated carbocycles. The van der Waals surface area contributed by atoms with Gasteiger partial charge in [0.05, 0.1) is 27.4 Å². The molecule has 0 spiro atoms. The van der Waals surface area contributed by atoms with E-state index in [2.05, 4.69) is 9.97 Å². The molecule has 1 aliphatic rings. The average molecular weight is 450 g/mol. The number of aromatic amines is 2. The smallest absolute Gasteiger partial charge is 0.269 e. The van der Waals surface area contributed by atoms with E-state index in [-0.39, 0.29) is 5.69 Å². The fraction of sp³-hybridized carbons (Fsp3) is 0.0952. The third-order valence-electron chi connectivity index (χ3n) is 5.20. The maximum atomic E-state index is 11.4. The van der Waals surface area contributed by atoms with Gasteiger partial charge in [0.1, 0.15) is 4.64 Å². The highest BCUT2D eigenvalue weighted by atomic mass is 32.1. The fourth-order valence-corrected chi connectivity index (χ4v) is 4.48. The predicted octanol–water partition coefficient (Wildman–Crippen LogP) is 5.49. The highest BCUT2D eigenvalue weighted by molar-refractivity contribution is 7.72. The largest absolute Gasteiger partial charge is 0.422 e. The molecule has 31 heavy (non-hydrogen) atoms. The van der Waals surface area contributed by atoms with Crippen LogP contribution in [0.5, 0.6) is 11.8 Å². The average Bonchev–Trinajstić information content (AvgIpc) is 3.09. The molecule has 0 aliphatic carbocycles. The summed E-state index contributed by atoms with van der Waals surface area (Å²) in [5.41, 5.74) is 3.72. The van der Waals surface area contributed by atoms with Crippen LogP contribution in [0.25, 0.3) is 5.69 Å². The molecule has 0 saturated heterocycles. The quantitative estimate of drug-likeness (QED) is 0.215. The third kappa shape index (κ3) is 3.16. The Kier molecular flexibility index (Phi) is 4.53. The summed E-state index contributed by atoms with van der Waals surface area (Å²) >= 11 is 10.8. The van der Waals surface area contributed by atoms with E-state index < -0.39 is 10.8 Å². The molecule has 0 radical (unpaired) electrons.